The van der Waals surface area contributed by atoms with Crippen LogP contribution in [0.3, 0.4) is 0 Å². The fourth-order valence-electron chi connectivity index (χ4n) is 6.79. The van der Waals surface area contributed by atoms with E-state index < -0.39 is 28.5 Å². The molecule has 7 rings (SSSR count). The number of piperidine rings is 1. The zero-order valence-electron chi connectivity index (χ0n) is 27.5. The summed E-state index contributed by atoms with van der Waals surface area (Å²) in [6.45, 7) is 4.56. The standard InChI is InChI=1S/C38H36N4O5S2/c1-24-34(27-13-15-28(16-14-27)38(44)47-2)37(43)40-32-22-39-36-31(35(24)32)21-33(42(36)49(46)30-7-5-4-6-8-30)26-11-9-25(10-12-26)23-41-19-17-29(18-20-41)48(3)45/h4-16,21-22,29H,17-20,23H2,1-3H3,(H,40,43). The number of hydrogen-bond donors (Lipinski definition) is 1. The molecular weight excluding hydrogens is 657 g/mol. The number of benzene rings is 3. The number of likely N-dealkylation sites (tertiary alicyclic amines) is 1. The highest BCUT2D eigenvalue weighted by molar-refractivity contribution is 7.91. The van der Waals surface area contributed by atoms with Gasteiger partial charge in [-0.25, -0.2) is 9.78 Å². The minimum absolute atomic E-state index is 0.271. The van der Waals surface area contributed by atoms with Gasteiger partial charge < -0.3 is 18.8 Å². The smallest absolute Gasteiger partial charge is 0.337 e. The molecule has 49 heavy (non-hydrogen) atoms. The third-order valence-corrected chi connectivity index (χ3v) is 12.2. The largest absolute Gasteiger partial charge is 0.616 e. The zero-order valence-corrected chi connectivity index (χ0v) is 29.1. The molecule has 1 N–H and O–H groups in total. The molecule has 0 saturated carbocycles. The van der Waals surface area contributed by atoms with E-state index in [9.17, 15) is 18.7 Å². The average molecular weight is 693 g/mol. The van der Waals surface area contributed by atoms with Crippen molar-refractivity contribution in [2.45, 2.75) is 36.5 Å². The van der Waals surface area contributed by atoms with E-state index in [0.717, 1.165) is 60.1 Å². The number of nitrogens with one attached hydrogen (secondary N) is 1. The number of carbonyl (C=O) groups is 1. The lowest BCUT2D eigenvalue weighted by Crippen LogP contribution is -2.38. The van der Waals surface area contributed by atoms with Crippen molar-refractivity contribution < 1.29 is 18.6 Å². The maximum absolute atomic E-state index is 14.3. The Balaban J connectivity index is 1.33. The van der Waals surface area contributed by atoms with Crippen molar-refractivity contribution in [1.29, 1.82) is 0 Å². The van der Waals surface area contributed by atoms with E-state index in [-0.39, 0.29) is 10.8 Å². The van der Waals surface area contributed by atoms with Crippen molar-refractivity contribution in [2.75, 3.05) is 26.5 Å². The van der Waals surface area contributed by atoms with Crippen LogP contribution in [0.1, 0.15) is 34.3 Å². The molecule has 2 atom stereocenters. The van der Waals surface area contributed by atoms with Crippen LogP contribution in [0.2, 0.25) is 0 Å². The number of aromatic amines is 1. The number of nitrogens with zero attached hydrogens (tertiary/aromatic N) is 3. The molecule has 9 nitrogen and oxygen atoms in total. The number of H-pyrrole nitrogens is 1. The molecule has 1 fully saturated rings. The van der Waals surface area contributed by atoms with Gasteiger partial charge in [-0.1, -0.05) is 65.8 Å². The zero-order chi connectivity index (χ0) is 34.2. The van der Waals surface area contributed by atoms with Gasteiger partial charge in [0.25, 0.3) is 5.56 Å². The number of carbonyl (C=O) groups excluding carboxylic acids is 1. The van der Waals surface area contributed by atoms with Gasteiger partial charge in [0.05, 0.1) is 36.2 Å². The van der Waals surface area contributed by atoms with Gasteiger partial charge in [0.15, 0.2) is 10.5 Å². The summed E-state index contributed by atoms with van der Waals surface area (Å²) in [7, 11) is 1.33. The molecule has 0 bridgehead atoms. The van der Waals surface area contributed by atoms with E-state index in [0.29, 0.717) is 32.7 Å². The summed E-state index contributed by atoms with van der Waals surface area (Å²) < 4.78 is 32.8. The SMILES string of the molecule is COC(=O)c1ccc(-c2c(C)c3c(cnc4c3cc(-c3ccc(CN5CCC([S+](C)[O-])CC5)cc3)n4[S+]([O-])c3ccccc3)[nH]c2=O)cc1. The van der Waals surface area contributed by atoms with Gasteiger partial charge in [-0.15, -0.1) is 3.97 Å². The Morgan fingerprint density at radius 1 is 0.980 bits per heavy atom. The summed E-state index contributed by atoms with van der Waals surface area (Å²) in [6.07, 6.45) is 5.31. The first-order valence-corrected chi connectivity index (χ1v) is 18.8. The van der Waals surface area contributed by atoms with Crippen molar-refractivity contribution in [3.63, 3.8) is 0 Å². The Morgan fingerprint density at radius 3 is 2.31 bits per heavy atom. The molecule has 1 aliphatic rings. The number of hydrogen-bond acceptors (Lipinski definition) is 7. The van der Waals surface area contributed by atoms with Gasteiger partial charge in [0.2, 0.25) is 0 Å². The Labute approximate surface area is 290 Å². The molecule has 4 heterocycles. The van der Waals surface area contributed by atoms with Gasteiger partial charge in [0, 0.05) is 48.8 Å². The summed E-state index contributed by atoms with van der Waals surface area (Å²) in [6, 6.07) is 26.4. The molecule has 0 amide bonds. The van der Waals surface area contributed by atoms with Crippen LogP contribution in [0.4, 0.5) is 0 Å². The van der Waals surface area contributed by atoms with Gasteiger partial charge in [-0.05, 0) is 53.9 Å². The lowest BCUT2D eigenvalue weighted by atomic mass is 9.97. The van der Waals surface area contributed by atoms with Crippen molar-refractivity contribution in [3.05, 3.63) is 118 Å². The van der Waals surface area contributed by atoms with Crippen molar-refractivity contribution in [2.24, 2.45) is 0 Å². The number of aryl methyl sites for hydroxylation is 1. The second kappa shape index (κ2) is 13.9. The highest BCUT2D eigenvalue weighted by Crippen LogP contribution is 2.37. The minimum Gasteiger partial charge on any atom is -0.616 e. The number of methoxy groups -OCH3 is 1. The maximum Gasteiger partial charge on any atom is 0.337 e. The molecule has 250 valence electrons. The molecule has 1 aliphatic heterocycles. The first-order valence-electron chi connectivity index (χ1n) is 16.1. The Kier molecular flexibility index (Phi) is 9.36. The quantitative estimate of drug-likeness (QED) is 0.148. The van der Waals surface area contributed by atoms with E-state index in [1.807, 2.05) is 43.3 Å². The average Bonchev–Trinajstić information content (AvgIpc) is 3.51. The van der Waals surface area contributed by atoms with Crippen molar-refractivity contribution >= 4 is 50.4 Å². The van der Waals surface area contributed by atoms with Gasteiger partial charge in [0.1, 0.15) is 22.3 Å². The predicted octanol–water partition coefficient (Wildman–Crippen LogP) is 6.22. The topological polar surface area (TPSA) is 126 Å². The molecule has 11 heteroatoms. The van der Waals surface area contributed by atoms with Crippen LogP contribution in [0.25, 0.3) is 44.3 Å². The molecule has 6 aromatic rings. The number of pyridine rings is 2. The molecule has 0 aliphatic carbocycles. The fourth-order valence-corrected chi connectivity index (χ4v) is 8.91. The van der Waals surface area contributed by atoms with E-state index in [1.165, 1.54) is 12.7 Å². The molecule has 1 saturated heterocycles. The predicted molar refractivity (Wildman–Crippen MR) is 195 cm³/mol. The van der Waals surface area contributed by atoms with E-state index >= 15 is 0 Å². The Bertz CT molecular complexity index is 2190. The van der Waals surface area contributed by atoms with Crippen molar-refractivity contribution in [1.82, 2.24) is 18.8 Å². The van der Waals surface area contributed by atoms with Gasteiger partial charge in [-0.3, -0.25) is 9.69 Å². The molecular formula is C38H36N4O5S2. The molecule has 3 aromatic heterocycles. The van der Waals surface area contributed by atoms with Gasteiger partial charge in [-0.2, -0.15) is 0 Å². The first-order chi connectivity index (χ1) is 23.7. The van der Waals surface area contributed by atoms with Gasteiger partial charge >= 0.3 is 5.97 Å². The minimum atomic E-state index is -1.62. The summed E-state index contributed by atoms with van der Waals surface area (Å²) >= 11 is -2.40. The maximum atomic E-state index is 14.3. The summed E-state index contributed by atoms with van der Waals surface area (Å²) in [5.74, 6) is -0.452. The second-order valence-electron chi connectivity index (χ2n) is 12.4. The van der Waals surface area contributed by atoms with Crippen LogP contribution in [0.15, 0.2) is 101 Å². The van der Waals surface area contributed by atoms with Crippen molar-refractivity contribution in [3.8, 4) is 22.4 Å². The Morgan fingerprint density at radius 2 is 1.65 bits per heavy atom. The first kappa shape index (κ1) is 33.1. The highest BCUT2D eigenvalue weighted by Gasteiger charge is 2.28. The fraction of sp³-hybridized carbons (Fsp3) is 0.237. The lowest BCUT2D eigenvalue weighted by Gasteiger charge is -2.31. The molecule has 0 spiro atoms. The van der Waals surface area contributed by atoms with Crippen LogP contribution in [0, 0.1) is 6.92 Å². The number of rotatable bonds is 8. The highest BCUT2D eigenvalue weighted by atomic mass is 32.2. The van der Waals surface area contributed by atoms with Crippen LogP contribution in [-0.4, -0.2) is 65.6 Å². The van der Waals surface area contributed by atoms with E-state index in [4.69, 9.17) is 9.72 Å². The molecule has 3 aromatic carbocycles. The molecule has 0 radical (unpaired) electrons. The summed E-state index contributed by atoms with van der Waals surface area (Å²) in [5.41, 5.74) is 5.92. The molecule has 2 unspecified atom stereocenters. The Hall–Kier alpha value is -4.39. The van der Waals surface area contributed by atoms with Crippen LogP contribution in [0.5, 0.6) is 0 Å². The third-order valence-electron chi connectivity index (χ3n) is 9.38. The summed E-state index contributed by atoms with van der Waals surface area (Å²) in [5, 5.41) is 1.84. The second-order valence-corrected chi connectivity index (χ2v) is 15.4. The lowest BCUT2D eigenvalue weighted by molar-refractivity contribution is 0.0600. The van der Waals surface area contributed by atoms with Crippen LogP contribution in [-0.2, 0) is 33.8 Å². The number of ether oxygens (including phenoxy) is 1. The van der Waals surface area contributed by atoms with E-state index in [1.54, 1.807) is 40.7 Å². The monoisotopic (exact) mass is 692 g/mol. The van der Waals surface area contributed by atoms with Crippen LogP contribution >= 0.6 is 0 Å². The number of fused-ring (bicyclic) bond motifs is 3. The summed E-state index contributed by atoms with van der Waals surface area (Å²) in [4.78, 5) is 36.3. The normalized spacial score (nSPS) is 15.4. The van der Waals surface area contributed by atoms with Crippen LogP contribution < -0.4 is 5.56 Å². The number of esters is 1. The van der Waals surface area contributed by atoms with E-state index in [2.05, 4.69) is 34.1 Å². The third kappa shape index (κ3) is 6.40. The number of aromatic nitrogens is 3.